The molecule has 0 fully saturated rings. The second kappa shape index (κ2) is 10.3. The summed E-state index contributed by atoms with van der Waals surface area (Å²) in [5.74, 6) is -0.619. The highest BCUT2D eigenvalue weighted by Gasteiger charge is 2.31. The number of rotatable bonds is 7. The Bertz CT molecular complexity index is 1240. The average molecular weight is 575 g/mol. The summed E-state index contributed by atoms with van der Waals surface area (Å²) in [7, 11) is 1.70. The van der Waals surface area contributed by atoms with E-state index in [4.69, 9.17) is 0 Å². The maximum atomic E-state index is 12.8. The highest BCUT2D eigenvalue weighted by Crippen LogP contribution is 2.28. The van der Waals surface area contributed by atoms with Gasteiger partial charge in [-0.25, -0.2) is 9.97 Å². The third kappa shape index (κ3) is 6.57. The lowest BCUT2D eigenvalue weighted by Gasteiger charge is -2.20. The molecule has 9 nitrogen and oxygen atoms in total. The number of halogens is 4. The lowest BCUT2D eigenvalue weighted by Crippen LogP contribution is -2.32. The Kier molecular flexibility index (Phi) is 7.84. The first-order valence-corrected chi connectivity index (χ1v) is 11.9. The Labute approximate surface area is 211 Å². The number of nitrogens with zero attached hydrogens (tertiary/aromatic N) is 5. The van der Waals surface area contributed by atoms with Crippen molar-refractivity contribution in [2.45, 2.75) is 46.1 Å². The largest absolute Gasteiger partial charge is 0.573 e. The van der Waals surface area contributed by atoms with Crippen molar-refractivity contribution in [1.29, 1.82) is 0 Å². The second-order valence-electron chi connectivity index (χ2n) is 7.86. The summed E-state index contributed by atoms with van der Waals surface area (Å²) in [5.41, 5.74) is -0.0490. The first-order chi connectivity index (χ1) is 16.2. The molecule has 0 saturated carbocycles. The minimum Gasteiger partial charge on any atom is -0.406 e. The summed E-state index contributed by atoms with van der Waals surface area (Å²) in [4.78, 5) is 36.1. The van der Waals surface area contributed by atoms with E-state index in [0.717, 1.165) is 23.5 Å². The van der Waals surface area contributed by atoms with E-state index < -0.39 is 24.1 Å². The minimum atomic E-state index is -4.90. The average Bonchev–Trinajstić information content (AvgIpc) is 3.37. The molecule has 35 heavy (non-hydrogen) atoms. The molecule has 0 bridgehead atoms. The van der Waals surface area contributed by atoms with Crippen molar-refractivity contribution in [1.82, 2.24) is 30.0 Å². The molecular weight excluding hydrogens is 553 g/mol. The van der Waals surface area contributed by atoms with Gasteiger partial charge in [-0.15, -0.1) is 18.3 Å². The van der Waals surface area contributed by atoms with E-state index in [0.29, 0.717) is 21.7 Å². The Morgan fingerprint density at radius 2 is 1.91 bits per heavy atom. The van der Waals surface area contributed by atoms with Crippen molar-refractivity contribution in [3.63, 3.8) is 0 Å². The van der Waals surface area contributed by atoms with Crippen LogP contribution in [0.4, 0.5) is 13.2 Å². The number of thiazole rings is 1. The van der Waals surface area contributed by atoms with Gasteiger partial charge in [0.25, 0.3) is 11.8 Å². The van der Waals surface area contributed by atoms with Gasteiger partial charge in [-0.1, -0.05) is 27.3 Å². The molecule has 2 aromatic heterocycles. The van der Waals surface area contributed by atoms with Gasteiger partial charge in [0.15, 0.2) is 5.82 Å². The number of hydrogen-bond donors (Lipinski definition) is 1. The summed E-state index contributed by atoms with van der Waals surface area (Å²) in [6.07, 6.45) is -3.44. The Balaban J connectivity index is 1.83. The molecule has 0 unspecified atom stereocenters. The molecule has 2 amide bonds. The number of carbonyl (C=O) groups excluding carboxylic acids is 2. The summed E-state index contributed by atoms with van der Waals surface area (Å²) in [6, 6.07) is 2.76. The van der Waals surface area contributed by atoms with Crippen LogP contribution < -0.4 is 10.1 Å². The molecule has 0 spiro atoms. The van der Waals surface area contributed by atoms with Gasteiger partial charge in [0.05, 0.1) is 12.2 Å². The molecule has 1 aromatic carbocycles. The molecule has 188 valence electrons. The fraction of sp³-hybridized carbons (Fsp3) is 0.381. The van der Waals surface area contributed by atoms with Crippen LogP contribution >= 0.6 is 27.3 Å². The first-order valence-electron chi connectivity index (χ1n) is 10.3. The molecule has 1 atom stereocenters. The van der Waals surface area contributed by atoms with Crippen molar-refractivity contribution in [2.24, 2.45) is 0 Å². The van der Waals surface area contributed by atoms with E-state index in [1.807, 2.05) is 13.8 Å². The van der Waals surface area contributed by atoms with Crippen LogP contribution in [0.25, 0.3) is 5.13 Å². The minimum absolute atomic E-state index is 0.00697. The molecule has 3 rings (SSSR count). The van der Waals surface area contributed by atoms with Gasteiger partial charge in [-0.2, -0.15) is 4.68 Å². The molecule has 2 heterocycles. The normalized spacial score (nSPS) is 12.5. The van der Waals surface area contributed by atoms with Crippen molar-refractivity contribution in [3.05, 3.63) is 51.0 Å². The maximum absolute atomic E-state index is 12.8. The van der Waals surface area contributed by atoms with Crippen LogP contribution in [-0.2, 0) is 0 Å². The molecule has 1 N–H and O–H groups in total. The highest BCUT2D eigenvalue weighted by molar-refractivity contribution is 9.10. The van der Waals surface area contributed by atoms with E-state index in [2.05, 4.69) is 41.1 Å². The van der Waals surface area contributed by atoms with E-state index in [9.17, 15) is 22.8 Å². The van der Waals surface area contributed by atoms with Gasteiger partial charge in [0.1, 0.15) is 16.5 Å². The van der Waals surface area contributed by atoms with Gasteiger partial charge >= 0.3 is 6.36 Å². The zero-order valence-corrected chi connectivity index (χ0v) is 21.7. The Morgan fingerprint density at radius 3 is 2.54 bits per heavy atom. The van der Waals surface area contributed by atoms with Crippen LogP contribution in [0.3, 0.4) is 0 Å². The van der Waals surface area contributed by atoms with E-state index in [1.54, 1.807) is 25.8 Å². The van der Waals surface area contributed by atoms with Crippen LogP contribution in [0.1, 0.15) is 58.5 Å². The third-order valence-electron chi connectivity index (χ3n) is 4.82. The van der Waals surface area contributed by atoms with Gasteiger partial charge in [0.2, 0.25) is 5.13 Å². The number of ether oxygens (including phenoxy) is 1. The number of carbonyl (C=O) groups is 2. The summed E-state index contributed by atoms with van der Waals surface area (Å²) >= 11 is 4.21. The predicted molar refractivity (Wildman–Crippen MR) is 126 cm³/mol. The monoisotopic (exact) mass is 574 g/mol. The van der Waals surface area contributed by atoms with Crippen molar-refractivity contribution < 1.29 is 27.5 Å². The lowest BCUT2D eigenvalue weighted by atomic mass is 10.2. The molecule has 3 aromatic rings. The number of benzene rings is 1. The van der Waals surface area contributed by atoms with Crippen molar-refractivity contribution in [2.75, 3.05) is 7.05 Å². The maximum Gasteiger partial charge on any atom is 0.573 e. The Hall–Kier alpha value is -3.00. The topological polar surface area (TPSA) is 102 Å². The number of hydrogen-bond acceptors (Lipinski definition) is 7. The smallest absolute Gasteiger partial charge is 0.406 e. The van der Waals surface area contributed by atoms with Crippen LogP contribution in [0, 0.1) is 6.92 Å². The van der Waals surface area contributed by atoms with E-state index in [1.165, 1.54) is 16.9 Å². The molecule has 0 saturated heterocycles. The third-order valence-corrected chi connectivity index (χ3v) is 6.24. The van der Waals surface area contributed by atoms with E-state index in [-0.39, 0.29) is 22.0 Å². The second-order valence-corrected chi connectivity index (χ2v) is 9.79. The molecule has 14 heteroatoms. The number of aromatic nitrogens is 4. The fourth-order valence-electron chi connectivity index (χ4n) is 2.95. The molecular formula is C21H22BrF3N6O3S. The zero-order chi connectivity index (χ0) is 26.1. The SMILES string of the molecule is Cc1nc([C@H](C)NC(=O)c2cc(Br)cc(OC(F)(F)F)c2)n(-c2ncc(C(=O)N(C)C(C)C)s2)n1. The number of aryl methyl sites for hydroxylation is 1. The van der Waals surface area contributed by atoms with Gasteiger partial charge in [-0.3, -0.25) is 9.59 Å². The predicted octanol–water partition coefficient (Wildman–Crippen LogP) is 4.66. The van der Waals surface area contributed by atoms with Crippen LogP contribution in [0.2, 0.25) is 0 Å². The van der Waals surface area contributed by atoms with Crippen LogP contribution in [0.15, 0.2) is 28.9 Å². The first kappa shape index (κ1) is 26.6. The van der Waals surface area contributed by atoms with Crippen molar-refractivity contribution in [3.8, 4) is 10.9 Å². The van der Waals surface area contributed by atoms with Crippen LogP contribution in [0.5, 0.6) is 5.75 Å². The molecule has 0 aliphatic rings. The number of nitrogens with one attached hydrogen (secondary N) is 1. The number of alkyl halides is 3. The van der Waals surface area contributed by atoms with Crippen LogP contribution in [-0.4, -0.2) is 55.9 Å². The van der Waals surface area contributed by atoms with Gasteiger partial charge < -0.3 is 15.0 Å². The highest BCUT2D eigenvalue weighted by atomic mass is 79.9. The van der Waals surface area contributed by atoms with Crippen molar-refractivity contribution >= 4 is 39.1 Å². The Morgan fingerprint density at radius 1 is 1.23 bits per heavy atom. The zero-order valence-electron chi connectivity index (χ0n) is 19.3. The van der Waals surface area contributed by atoms with Gasteiger partial charge in [0, 0.05) is 23.1 Å². The summed E-state index contributed by atoms with van der Waals surface area (Å²) in [5, 5.41) is 7.41. The van der Waals surface area contributed by atoms with Gasteiger partial charge in [-0.05, 0) is 45.9 Å². The summed E-state index contributed by atoms with van der Waals surface area (Å²) < 4.78 is 43.4. The quantitative estimate of drug-likeness (QED) is 0.440. The summed E-state index contributed by atoms with van der Waals surface area (Å²) in [6.45, 7) is 7.10. The molecule has 0 aliphatic carbocycles. The fourth-order valence-corrected chi connectivity index (χ4v) is 4.29. The molecule has 0 aliphatic heterocycles. The standard InChI is InChI=1S/C21H22BrF3N6O3S/c1-10(2)30(5)19(33)16-9-26-20(35-16)31-17(28-12(4)29-31)11(3)27-18(32)13-6-14(22)8-15(7-13)34-21(23,24)25/h6-11H,1-5H3,(H,27,32)/t11-/m0/s1. The molecule has 0 radical (unpaired) electrons. The number of amides is 2. The van der Waals surface area contributed by atoms with E-state index >= 15 is 0 Å². The lowest BCUT2D eigenvalue weighted by molar-refractivity contribution is -0.274.